The van der Waals surface area contributed by atoms with E-state index in [0.29, 0.717) is 11.4 Å². The normalized spacial score (nSPS) is 17.1. The number of esters is 1. The molecule has 0 amide bonds. The Morgan fingerprint density at radius 3 is 2.29 bits per heavy atom. The van der Waals surface area contributed by atoms with Crippen molar-refractivity contribution < 1.29 is 14.3 Å². The first-order chi connectivity index (χ1) is 11.0. The summed E-state index contributed by atoms with van der Waals surface area (Å²) in [6.45, 7) is 13.4. The maximum absolute atomic E-state index is 12.6. The van der Waals surface area contributed by atoms with E-state index in [2.05, 4.69) is 26.1 Å². The van der Waals surface area contributed by atoms with Gasteiger partial charge >= 0.3 is 5.97 Å². The van der Waals surface area contributed by atoms with Gasteiger partial charge in [-0.1, -0.05) is 26.8 Å². The fourth-order valence-corrected chi connectivity index (χ4v) is 2.61. The zero-order chi connectivity index (χ0) is 18.1. The van der Waals surface area contributed by atoms with Gasteiger partial charge in [0.05, 0.1) is 0 Å². The number of ether oxygens (including phenoxy) is 2. The van der Waals surface area contributed by atoms with E-state index in [9.17, 15) is 4.79 Å². The van der Waals surface area contributed by atoms with Crippen molar-refractivity contribution >= 4 is 11.7 Å². The fourth-order valence-electron chi connectivity index (χ4n) is 2.61. The first kappa shape index (κ1) is 18.6. The first-order valence-corrected chi connectivity index (χ1v) is 8.47. The predicted octanol–water partition coefficient (Wildman–Crippen LogP) is 2.87. The van der Waals surface area contributed by atoms with Gasteiger partial charge in [-0.2, -0.15) is 0 Å². The van der Waals surface area contributed by atoms with Gasteiger partial charge in [-0.25, -0.2) is 4.79 Å². The number of nitrogens with one attached hydrogen (secondary N) is 1. The molecule has 0 saturated carbocycles. The molecule has 1 unspecified atom stereocenters. The number of hydrogen-bond acceptors (Lipinski definition) is 5. The number of benzene rings is 1. The van der Waals surface area contributed by atoms with Crippen LogP contribution in [0.1, 0.15) is 47.1 Å². The van der Waals surface area contributed by atoms with Gasteiger partial charge in [0, 0.05) is 30.8 Å². The predicted molar refractivity (Wildman–Crippen MR) is 96.2 cm³/mol. The van der Waals surface area contributed by atoms with Crippen LogP contribution in [0, 0.1) is 5.92 Å². The van der Waals surface area contributed by atoms with Crippen LogP contribution in [-0.4, -0.2) is 30.8 Å². The second-order valence-electron chi connectivity index (χ2n) is 8.50. The highest BCUT2D eigenvalue weighted by molar-refractivity contribution is 5.76. The number of nitrogens with two attached hydrogens (primary N) is 1. The maximum atomic E-state index is 12.6. The number of carbonyl (C=O) groups excluding carboxylic acids is 1. The molecule has 1 saturated heterocycles. The summed E-state index contributed by atoms with van der Waals surface area (Å²) in [7, 11) is 0. The first-order valence-electron chi connectivity index (χ1n) is 8.47. The third-order valence-electron chi connectivity index (χ3n) is 3.95. The Bertz CT molecular complexity index is 596. The van der Waals surface area contributed by atoms with Gasteiger partial charge in [-0.05, 0) is 37.8 Å². The van der Waals surface area contributed by atoms with E-state index in [0.717, 1.165) is 18.7 Å². The van der Waals surface area contributed by atoms with Crippen molar-refractivity contribution in [3.05, 3.63) is 23.8 Å². The number of anilines is 1. The summed E-state index contributed by atoms with van der Waals surface area (Å²) in [5, 5.41) is 3.19. The summed E-state index contributed by atoms with van der Waals surface area (Å²) in [4.78, 5) is 12.6. The number of rotatable bonds is 4. The van der Waals surface area contributed by atoms with Crippen LogP contribution in [-0.2, 0) is 14.9 Å². The van der Waals surface area contributed by atoms with Gasteiger partial charge in [0.25, 0.3) is 0 Å². The molecule has 1 fully saturated rings. The minimum Gasteiger partial charge on any atom is -0.478 e. The molecule has 1 aromatic carbocycles. The zero-order valence-corrected chi connectivity index (χ0v) is 15.6. The van der Waals surface area contributed by atoms with Crippen molar-refractivity contribution in [1.29, 1.82) is 0 Å². The molecule has 0 radical (unpaired) electrons. The summed E-state index contributed by atoms with van der Waals surface area (Å²) >= 11 is 0. The summed E-state index contributed by atoms with van der Waals surface area (Å²) in [5.41, 5.74) is 6.93. The van der Waals surface area contributed by atoms with Crippen molar-refractivity contribution in [2.45, 2.75) is 58.7 Å². The molecule has 24 heavy (non-hydrogen) atoms. The van der Waals surface area contributed by atoms with Crippen LogP contribution in [0.5, 0.6) is 5.75 Å². The minimum absolute atomic E-state index is 0.106. The maximum Gasteiger partial charge on any atom is 0.348 e. The van der Waals surface area contributed by atoms with Crippen LogP contribution in [0.4, 0.5) is 5.69 Å². The number of carbonyl (C=O) groups is 1. The van der Waals surface area contributed by atoms with Crippen LogP contribution >= 0.6 is 0 Å². The van der Waals surface area contributed by atoms with Crippen LogP contribution in [0.3, 0.4) is 0 Å². The lowest BCUT2D eigenvalue weighted by molar-refractivity contribution is -0.167. The van der Waals surface area contributed by atoms with E-state index in [1.807, 2.05) is 32.9 Å². The van der Waals surface area contributed by atoms with Crippen molar-refractivity contribution in [3.63, 3.8) is 0 Å². The molecule has 1 aliphatic rings. The molecular formula is C19H30N2O3. The summed E-state index contributed by atoms with van der Waals surface area (Å²) in [6, 6.07) is 5.63. The van der Waals surface area contributed by atoms with Crippen molar-refractivity contribution in [3.8, 4) is 5.75 Å². The molecule has 2 rings (SSSR count). The molecule has 0 spiro atoms. The van der Waals surface area contributed by atoms with Gasteiger partial charge in [-0.3, -0.25) is 0 Å². The molecule has 1 aromatic rings. The Kier molecular flexibility index (Phi) is 5.14. The van der Waals surface area contributed by atoms with E-state index < -0.39 is 11.7 Å². The monoisotopic (exact) mass is 334 g/mol. The number of hydrogen-bond donors (Lipinski definition) is 2. The third-order valence-corrected chi connectivity index (χ3v) is 3.95. The van der Waals surface area contributed by atoms with Gasteiger partial charge in [0.2, 0.25) is 6.10 Å². The molecule has 5 nitrogen and oxygen atoms in total. The standard InChI is InChI=1S/C19H30N2O3/c1-18(2,3)14-8-7-13(20)9-15(14)23-16(12-10-21-11-12)17(22)24-19(4,5)6/h7-9,12,16,21H,10-11,20H2,1-6H3. The summed E-state index contributed by atoms with van der Waals surface area (Å²) < 4.78 is 11.7. The highest BCUT2D eigenvalue weighted by atomic mass is 16.6. The van der Waals surface area contributed by atoms with Crippen molar-refractivity contribution in [2.24, 2.45) is 5.92 Å². The number of nitrogen functional groups attached to an aromatic ring is 1. The molecule has 1 heterocycles. The topological polar surface area (TPSA) is 73.6 Å². The van der Waals surface area contributed by atoms with E-state index in [1.54, 1.807) is 6.07 Å². The smallest absolute Gasteiger partial charge is 0.348 e. The molecule has 0 aliphatic carbocycles. The molecule has 0 aromatic heterocycles. The minimum atomic E-state index is -0.631. The highest BCUT2D eigenvalue weighted by Crippen LogP contribution is 2.34. The second kappa shape index (κ2) is 6.63. The van der Waals surface area contributed by atoms with Gasteiger partial charge < -0.3 is 20.5 Å². The molecule has 3 N–H and O–H groups in total. The van der Waals surface area contributed by atoms with Crippen LogP contribution < -0.4 is 15.8 Å². The van der Waals surface area contributed by atoms with Crippen molar-refractivity contribution in [2.75, 3.05) is 18.8 Å². The molecule has 5 heteroatoms. The van der Waals surface area contributed by atoms with Gasteiger partial charge in [0.15, 0.2) is 0 Å². The van der Waals surface area contributed by atoms with E-state index in [-0.39, 0.29) is 17.3 Å². The van der Waals surface area contributed by atoms with Crippen molar-refractivity contribution in [1.82, 2.24) is 5.32 Å². The Morgan fingerprint density at radius 1 is 1.21 bits per heavy atom. The van der Waals surface area contributed by atoms with Crippen LogP contribution in [0.25, 0.3) is 0 Å². The van der Waals surface area contributed by atoms with E-state index in [4.69, 9.17) is 15.2 Å². The largest absolute Gasteiger partial charge is 0.478 e. The average Bonchev–Trinajstić information content (AvgIpc) is 2.32. The van der Waals surface area contributed by atoms with Gasteiger partial charge in [0.1, 0.15) is 11.4 Å². The molecule has 1 atom stereocenters. The quantitative estimate of drug-likeness (QED) is 0.654. The zero-order valence-electron chi connectivity index (χ0n) is 15.6. The SMILES string of the molecule is CC(C)(C)OC(=O)C(Oc1cc(N)ccc1C(C)(C)C)C1CNC1. The lowest BCUT2D eigenvalue weighted by Crippen LogP contribution is -2.54. The third kappa shape index (κ3) is 4.63. The lowest BCUT2D eigenvalue weighted by Gasteiger charge is -2.36. The lowest BCUT2D eigenvalue weighted by atomic mass is 9.86. The Labute approximate surface area is 144 Å². The Morgan fingerprint density at radius 2 is 1.83 bits per heavy atom. The van der Waals surface area contributed by atoms with Crippen LogP contribution in [0.15, 0.2) is 18.2 Å². The second-order valence-corrected chi connectivity index (χ2v) is 8.50. The highest BCUT2D eigenvalue weighted by Gasteiger charge is 2.38. The van der Waals surface area contributed by atoms with Gasteiger partial charge in [-0.15, -0.1) is 0 Å². The summed E-state index contributed by atoms with van der Waals surface area (Å²) in [6.07, 6.45) is -0.631. The van der Waals surface area contributed by atoms with Crippen LogP contribution in [0.2, 0.25) is 0 Å². The fraction of sp³-hybridized carbons (Fsp3) is 0.632. The van der Waals surface area contributed by atoms with E-state index >= 15 is 0 Å². The average molecular weight is 334 g/mol. The van der Waals surface area contributed by atoms with E-state index in [1.165, 1.54) is 0 Å². The molecule has 134 valence electrons. The molecule has 1 aliphatic heterocycles. The Hall–Kier alpha value is -1.75. The summed E-state index contributed by atoms with van der Waals surface area (Å²) in [5.74, 6) is 0.440. The Balaban J connectivity index is 2.30. The molecular weight excluding hydrogens is 304 g/mol. The molecule has 0 bridgehead atoms.